The van der Waals surface area contributed by atoms with Gasteiger partial charge in [-0.1, -0.05) is 19.9 Å². The standard InChI is InChI=1S/C13H19NO3/c1-3-13(2,7-14)12(15)9-4-5-10-11(6-9)17-8-16-10/h4-6,12,15H,3,7-8,14H2,1-2H3. The van der Waals surface area contributed by atoms with Crippen molar-refractivity contribution in [2.24, 2.45) is 11.1 Å². The Balaban J connectivity index is 2.28. The van der Waals surface area contributed by atoms with Crippen molar-refractivity contribution in [1.29, 1.82) is 0 Å². The van der Waals surface area contributed by atoms with Gasteiger partial charge in [0.05, 0.1) is 6.10 Å². The first kappa shape index (κ1) is 12.2. The van der Waals surface area contributed by atoms with E-state index in [1.807, 2.05) is 32.0 Å². The summed E-state index contributed by atoms with van der Waals surface area (Å²) in [6, 6.07) is 5.52. The molecule has 4 nitrogen and oxygen atoms in total. The fraction of sp³-hybridized carbons (Fsp3) is 0.538. The minimum atomic E-state index is -0.591. The Bertz CT molecular complexity index is 402. The molecule has 1 aromatic rings. The molecule has 2 atom stereocenters. The third-order valence-electron chi connectivity index (χ3n) is 3.65. The molecule has 0 spiro atoms. The minimum Gasteiger partial charge on any atom is -0.454 e. The summed E-state index contributed by atoms with van der Waals surface area (Å²) in [6.45, 7) is 4.71. The van der Waals surface area contributed by atoms with Gasteiger partial charge in [0.2, 0.25) is 6.79 Å². The normalized spacial score (nSPS) is 18.8. The van der Waals surface area contributed by atoms with E-state index in [0.29, 0.717) is 12.3 Å². The molecule has 0 aliphatic carbocycles. The van der Waals surface area contributed by atoms with Crippen molar-refractivity contribution >= 4 is 0 Å². The Hall–Kier alpha value is -1.26. The molecule has 0 fully saturated rings. The zero-order valence-corrected chi connectivity index (χ0v) is 10.3. The van der Waals surface area contributed by atoms with Crippen LogP contribution in [-0.2, 0) is 0 Å². The molecular formula is C13H19NO3. The highest BCUT2D eigenvalue weighted by atomic mass is 16.7. The molecule has 4 heteroatoms. The first-order chi connectivity index (χ1) is 8.10. The van der Waals surface area contributed by atoms with E-state index in [1.54, 1.807) is 0 Å². The van der Waals surface area contributed by atoms with Crippen molar-refractivity contribution in [3.8, 4) is 11.5 Å². The monoisotopic (exact) mass is 237 g/mol. The number of rotatable bonds is 4. The predicted molar refractivity (Wildman–Crippen MR) is 65.0 cm³/mol. The van der Waals surface area contributed by atoms with Crippen molar-refractivity contribution in [3.05, 3.63) is 23.8 Å². The van der Waals surface area contributed by atoms with E-state index in [-0.39, 0.29) is 12.2 Å². The Morgan fingerprint density at radius 2 is 2.12 bits per heavy atom. The van der Waals surface area contributed by atoms with Crippen molar-refractivity contribution in [2.75, 3.05) is 13.3 Å². The van der Waals surface area contributed by atoms with E-state index in [4.69, 9.17) is 15.2 Å². The van der Waals surface area contributed by atoms with Crippen LogP contribution in [0.3, 0.4) is 0 Å². The number of hydrogen-bond donors (Lipinski definition) is 2. The van der Waals surface area contributed by atoms with Gasteiger partial charge in [-0.15, -0.1) is 0 Å². The van der Waals surface area contributed by atoms with E-state index in [1.165, 1.54) is 0 Å². The van der Waals surface area contributed by atoms with Crippen LogP contribution >= 0.6 is 0 Å². The van der Waals surface area contributed by atoms with Crippen LogP contribution in [0.4, 0.5) is 0 Å². The maximum absolute atomic E-state index is 10.4. The van der Waals surface area contributed by atoms with Crippen LogP contribution in [0.15, 0.2) is 18.2 Å². The summed E-state index contributed by atoms with van der Waals surface area (Å²) in [5.41, 5.74) is 6.26. The summed E-state index contributed by atoms with van der Waals surface area (Å²) in [7, 11) is 0. The highest BCUT2D eigenvalue weighted by Gasteiger charge is 2.31. The molecule has 2 rings (SSSR count). The molecule has 3 N–H and O–H groups in total. The zero-order valence-electron chi connectivity index (χ0n) is 10.3. The number of aliphatic hydroxyl groups excluding tert-OH is 1. The van der Waals surface area contributed by atoms with Gasteiger partial charge in [-0.05, 0) is 24.1 Å². The van der Waals surface area contributed by atoms with Crippen LogP contribution in [0, 0.1) is 5.41 Å². The largest absolute Gasteiger partial charge is 0.454 e. The lowest BCUT2D eigenvalue weighted by Crippen LogP contribution is -2.33. The SMILES string of the molecule is CCC(C)(CN)C(O)c1ccc2c(c1)OCO2. The quantitative estimate of drug-likeness (QED) is 0.838. The molecule has 0 aromatic heterocycles. The minimum absolute atomic E-state index is 0.247. The number of fused-ring (bicyclic) bond motifs is 1. The molecule has 2 unspecified atom stereocenters. The first-order valence-electron chi connectivity index (χ1n) is 5.88. The molecule has 1 aliphatic rings. The van der Waals surface area contributed by atoms with E-state index in [0.717, 1.165) is 17.7 Å². The molecule has 1 aliphatic heterocycles. The van der Waals surface area contributed by atoms with Gasteiger partial charge in [-0.3, -0.25) is 0 Å². The topological polar surface area (TPSA) is 64.7 Å². The Morgan fingerprint density at radius 3 is 2.76 bits per heavy atom. The van der Waals surface area contributed by atoms with Gasteiger partial charge >= 0.3 is 0 Å². The van der Waals surface area contributed by atoms with Crippen molar-refractivity contribution in [3.63, 3.8) is 0 Å². The number of aliphatic hydroxyl groups is 1. The number of benzene rings is 1. The molecule has 17 heavy (non-hydrogen) atoms. The van der Waals surface area contributed by atoms with Gasteiger partial charge in [-0.25, -0.2) is 0 Å². The van der Waals surface area contributed by atoms with Crippen LogP contribution in [0.2, 0.25) is 0 Å². The maximum Gasteiger partial charge on any atom is 0.231 e. The van der Waals surface area contributed by atoms with Crippen LogP contribution in [-0.4, -0.2) is 18.4 Å². The van der Waals surface area contributed by atoms with Gasteiger partial charge in [-0.2, -0.15) is 0 Å². The van der Waals surface area contributed by atoms with E-state index in [9.17, 15) is 5.11 Å². The molecule has 0 bridgehead atoms. The Labute approximate surface area is 101 Å². The van der Waals surface area contributed by atoms with E-state index >= 15 is 0 Å². The second-order valence-electron chi connectivity index (χ2n) is 4.73. The van der Waals surface area contributed by atoms with E-state index < -0.39 is 6.10 Å². The second kappa shape index (κ2) is 4.55. The van der Waals surface area contributed by atoms with Crippen LogP contribution < -0.4 is 15.2 Å². The van der Waals surface area contributed by atoms with Gasteiger partial charge in [0, 0.05) is 12.0 Å². The lowest BCUT2D eigenvalue weighted by atomic mass is 9.78. The molecule has 1 heterocycles. The first-order valence-corrected chi connectivity index (χ1v) is 5.88. The lowest BCUT2D eigenvalue weighted by molar-refractivity contribution is 0.0390. The average molecular weight is 237 g/mol. The number of hydrogen-bond acceptors (Lipinski definition) is 4. The Morgan fingerprint density at radius 1 is 1.41 bits per heavy atom. The average Bonchev–Trinajstić information content (AvgIpc) is 2.84. The van der Waals surface area contributed by atoms with Crippen LogP contribution in [0.5, 0.6) is 11.5 Å². The molecule has 0 saturated carbocycles. The summed E-state index contributed by atoms with van der Waals surface area (Å²) in [4.78, 5) is 0. The summed E-state index contributed by atoms with van der Waals surface area (Å²) in [6.07, 6.45) is 0.228. The highest BCUT2D eigenvalue weighted by Crippen LogP contribution is 2.40. The zero-order chi connectivity index (χ0) is 12.5. The highest BCUT2D eigenvalue weighted by molar-refractivity contribution is 5.45. The van der Waals surface area contributed by atoms with Crippen LogP contribution in [0.1, 0.15) is 31.9 Å². The van der Waals surface area contributed by atoms with Gasteiger partial charge in [0.15, 0.2) is 11.5 Å². The van der Waals surface area contributed by atoms with Crippen molar-refractivity contribution in [2.45, 2.75) is 26.4 Å². The number of nitrogens with two attached hydrogens (primary N) is 1. The Kier molecular flexibility index (Phi) is 3.26. The van der Waals surface area contributed by atoms with Gasteiger partial charge < -0.3 is 20.3 Å². The third kappa shape index (κ3) is 2.10. The van der Waals surface area contributed by atoms with Gasteiger partial charge in [0.1, 0.15) is 0 Å². The van der Waals surface area contributed by atoms with Gasteiger partial charge in [0.25, 0.3) is 0 Å². The molecular weight excluding hydrogens is 218 g/mol. The number of ether oxygens (including phenoxy) is 2. The summed E-state index contributed by atoms with van der Waals surface area (Å²) >= 11 is 0. The summed E-state index contributed by atoms with van der Waals surface area (Å²) in [5.74, 6) is 1.42. The summed E-state index contributed by atoms with van der Waals surface area (Å²) < 4.78 is 10.5. The smallest absolute Gasteiger partial charge is 0.231 e. The third-order valence-corrected chi connectivity index (χ3v) is 3.65. The fourth-order valence-electron chi connectivity index (χ4n) is 1.93. The van der Waals surface area contributed by atoms with E-state index in [2.05, 4.69) is 0 Å². The van der Waals surface area contributed by atoms with Crippen molar-refractivity contribution < 1.29 is 14.6 Å². The lowest BCUT2D eigenvalue weighted by Gasteiger charge is -2.32. The molecule has 0 radical (unpaired) electrons. The summed E-state index contributed by atoms with van der Waals surface area (Å²) in [5, 5.41) is 10.4. The molecule has 0 saturated heterocycles. The predicted octanol–water partition coefficient (Wildman–Crippen LogP) is 1.82. The molecule has 1 aromatic carbocycles. The maximum atomic E-state index is 10.4. The van der Waals surface area contributed by atoms with Crippen molar-refractivity contribution in [1.82, 2.24) is 0 Å². The van der Waals surface area contributed by atoms with Crippen LogP contribution in [0.25, 0.3) is 0 Å². The fourth-order valence-corrected chi connectivity index (χ4v) is 1.93. The molecule has 94 valence electrons. The molecule has 0 amide bonds. The second-order valence-corrected chi connectivity index (χ2v) is 4.73.